The minimum atomic E-state index is -0.376. The number of carbonyl (C=O) groups excluding carboxylic acids is 2. The third-order valence-corrected chi connectivity index (χ3v) is 6.34. The van der Waals surface area contributed by atoms with E-state index in [0.717, 1.165) is 24.3 Å². The first kappa shape index (κ1) is 21.3. The molecule has 0 radical (unpaired) electrons. The number of nitrogens with zero attached hydrogens (tertiary/aromatic N) is 2. The Hall–Kier alpha value is -3.57. The molecule has 3 aromatic carbocycles. The molecule has 2 aliphatic heterocycles. The maximum atomic E-state index is 13.5. The average Bonchev–Trinajstić information content (AvgIpc) is 3.43. The fourth-order valence-electron chi connectivity index (χ4n) is 4.41. The number of amides is 2. The average molecular weight is 458 g/mol. The summed E-state index contributed by atoms with van der Waals surface area (Å²) in [5, 5.41) is 3.80. The van der Waals surface area contributed by atoms with Crippen LogP contribution in [0.1, 0.15) is 24.0 Å². The number of halogens is 1. The summed E-state index contributed by atoms with van der Waals surface area (Å²) in [6, 6.07) is 22.4. The molecule has 2 aliphatic rings. The fraction of sp³-hybridized carbons (Fsp3) is 0.185. The standard InChI is InChI=1S/C27H24ClN3O2/c1-18-5-4-6-23(17-18)31-26(32)24(19-7-9-20(28)10-8-19)25(27(31)33)29-21-11-13-22(14-12-21)30-15-2-3-16-30/h4-14,17,29H,2-3,15-16H2,1H3. The zero-order chi connectivity index (χ0) is 22.9. The predicted octanol–water partition coefficient (Wildman–Crippen LogP) is 5.65. The van der Waals surface area contributed by atoms with Crippen LogP contribution in [-0.4, -0.2) is 24.9 Å². The van der Waals surface area contributed by atoms with Crippen molar-refractivity contribution in [1.29, 1.82) is 0 Å². The maximum absolute atomic E-state index is 13.5. The van der Waals surface area contributed by atoms with E-state index in [-0.39, 0.29) is 17.5 Å². The van der Waals surface area contributed by atoms with Crippen LogP contribution in [0.3, 0.4) is 0 Å². The van der Waals surface area contributed by atoms with Crippen LogP contribution < -0.4 is 15.1 Å². The Morgan fingerprint density at radius 3 is 2.18 bits per heavy atom. The molecule has 1 N–H and O–H groups in total. The van der Waals surface area contributed by atoms with Crippen LogP contribution in [0.5, 0.6) is 0 Å². The summed E-state index contributed by atoms with van der Waals surface area (Å²) in [5.74, 6) is -0.733. The molecule has 3 aromatic rings. The van der Waals surface area contributed by atoms with Crippen molar-refractivity contribution < 1.29 is 9.59 Å². The first-order valence-electron chi connectivity index (χ1n) is 11.1. The molecular weight excluding hydrogens is 434 g/mol. The van der Waals surface area contributed by atoms with Crippen molar-refractivity contribution >= 4 is 46.1 Å². The second kappa shape index (κ2) is 8.75. The van der Waals surface area contributed by atoms with Crippen LogP contribution in [0.4, 0.5) is 17.1 Å². The zero-order valence-corrected chi connectivity index (χ0v) is 19.1. The Labute approximate surface area is 198 Å². The lowest BCUT2D eigenvalue weighted by atomic mass is 10.0. The lowest BCUT2D eigenvalue weighted by Crippen LogP contribution is -2.32. The van der Waals surface area contributed by atoms with Crippen molar-refractivity contribution in [1.82, 2.24) is 0 Å². The third kappa shape index (κ3) is 4.12. The molecule has 0 spiro atoms. The van der Waals surface area contributed by atoms with Crippen molar-refractivity contribution in [3.05, 3.63) is 94.6 Å². The summed E-state index contributed by atoms with van der Waals surface area (Å²) in [6.45, 7) is 4.07. The van der Waals surface area contributed by atoms with Gasteiger partial charge in [0.25, 0.3) is 11.8 Å². The van der Waals surface area contributed by atoms with Crippen molar-refractivity contribution in [3.63, 3.8) is 0 Å². The Morgan fingerprint density at radius 1 is 0.818 bits per heavy atom. The highest BCUT2D eigenvalue weighted by atomic mass is 35.5. The molecule has 166 valence electrons. The molecule has 2 amide bonds. The van der Waals surface area contributed by atoms with Gasteiger partial charge in [0, 0.05) is 29.5 Å². The predicted molar refractivity (Wildman–Crippen MR) is 134 cm³/mol. The van der Waals surface area contributed by atoms with E-state index in [0.29, 0.717) is 21.8 Å². The van der Waals surface area contributed by atoms with Gasteiger partial charge in [-0.3, -0.25) is 9.59 Å². The summed E-state index contributed by atoms with van der Waals surface area (Å²) in [5.41, 5.74) is 4.69. The van der Waals surface area contributed by atoms with Gasteiger partial charge in [-0.05, 0) is 79.4 Å². The molecule has 0 saturated carbocycles. The molecule has 6 heteroatoms. The number of nitrogens with one attached hydrogen (secondary N) is 1. The molecular formula is C27H24ClN3O2. The van der Waals surface area contributed by atoms with Crippen LogP contribution in [0.2, 0.25) is 5.02 Å². The van der Waals surface area contributed by atoms with Crippen molar-refractivity contribution in [2.24, 2.45) is 0 Å². The molecule has 5 nitrogen and oxygen atoms in total. The lowest BCUT2D eigenvalue weighted by Gasteiger charge is -2.18. The second-order valence-corrected chi connectivity index (χ2v) is 8.84. The first-order valence-corrected chi connectivity index (χ1v) is 11.5. The van der Waals surface area contributed by atoms with Gasteiger partial charge in [-0.25, -0.2) is 4.90 Å². The number of anilines is 3. The van der Waals surface area contributed by atoms with Crippen LogP contribution in [0.15, 0.2) is 78.5 Å². The van der Waals surface area contributed by atoms with Gasteiger partial charge in [0.2, 0.25) is 0 Å². The van der Waals surface area contributed by atoms with E-state index in [4.69, 9.17) is 11.6 Å². The van der Waals surface area contributed by atoms with Gasteiger partial charge in [0.1, 0.15) is 5.70 Å². The van der Waals surface area contributed by atoms with Crippen LogP contribution in [-0.2, 0) is 9.59 Å². The molecule has 1 saturated heterocycles. The SMILES string of the molecule is Cc1cccc(N2C(=O)C(Nc3ccc(N4CCCC4)cc3)=C(c3ccc(Cl)cc3)C2=O)c1. The van der Waals surface area contributed by atoms with Crippen LogP contribution >= 0.6 is 11.6 Å². The van der Waals surface area contributed by atoms with E-state index in [1.54, 1.807) is 30.3 Å². The van der Waals surface area contributed by atoms with E-state index < -0.39 is 0 Å². The molecule has 1 fully saturated rings. The van der Waals surface area contributed by atoms with Gasteiger partial charge < -0.3 is 10.2 Å². The van der Waals surface area contributed by atoms with Crippen molar-refractivity contribution in [3.8, 4) is 0 Å². The minimum absolute atomic E-state index is 0.262. The number of hydrogen-bond donors (Lipinski definition) is 1. The molecule has 0 bridgehead atoms. The first-order chi connectivity index (χ1) is 16.0. The smallest absolute Gasteiger partial charge is 0.282 e. The highest BCUT2D eigenvalue weighted by molar-refractivity contribution is 6.46. The monoisotopic (exact) mass is 457 g/mol. The number of carbonyl (C=O) groups is 2. The number of imide groups is 1. The number of benzene rings is 3. The van der Waals surface area contributed by atoms with E-state index in [1.165, 1.54) is 23.4 Å². The lowest BCUT2D eigenvalue weighted by molar-refractivity contribution is -0.120. The van der Waals surface area contributed by atoms with Gasteiger partial charge in [0.15, 0.2) is 0 Å². The van der Waals surface area contributed by atoms with E-state index in [2.05, 4.69) is 22.3 Å². The highest BCUT2D eigenvalue weighted by Crippen LogP contribution is 2.35. The van der Waals surface area contributed by atoms with Crippen molar-refractivity contribution in [2.75, 3.05) is 28.2 Å². The van der Waals surface area contributed by atoms with Crippen molar-refractivity contribution in [2.45, 2.75) is 19.8 Å². The topological polar surface area (TPSA) is 52.7 Å². The number of aryl methyl sites for hydroxylation is 1. The van der Waals surface area contributed by atoms with E-state index >= 15 is 0 Å². The maximum Gasteiger partial charge on any atom is 0.282 e. The molecule has 2 heterocycles. The second-order valence-electron chi connectivity index (χ2n) is 8.41. The van der Waals surface area contributed by atoms with E-state index in [1.807, 2.05) is 37.3 Å². The van der Waals surface area contributed by atoms with Gasteiger partial charge >= 0.3 is 0 Å². The van der Waals surface area contributed by atoms with Gasteiger partial charge in [-0.1, -0.05) is 35.9 Å². The normalized spacial score (nSPS) is 16.2. The summed E-state index contributed by atoms with van der Waals surface area (Å²) < 4.78 is 0. The zero-order valence-electron chi connectivity index (χ0n) is 18.3. The summed E-state index contributed by atoms with van der Waals surface area (Å²) >= 11 is 6.06. The largest absolute Gasteiger partial charge is 0.372 e. The van der Waals surface area contributed by atoms with Gasteiger partial charge in [0.05, 0.1) is 11.3 Å². The summed E-state index contributed by atoms with van der Waals surface area (Å²) in [4.78, 5) is 30.6. The molecule has 5 rings (SSSR count). The quantitative estimate of drug-likeness (QED) is 0.503. The summed E-state index contributed by atoms with van der Waals surface area (Å²) in [6.07, 6.45) is 2.42. The third-order valence-electron chi connectivity index (χ3n) is 6.08. The molecule has 0 unspecified atom stereocenters. The summed E-state index contributed by atoms with van der Waals surface area (Å²) in [7, 11) is 0. The number of hydrogen-bond acceptors (Lipinski definition) is 4. The van der Waals surface area contributed by atoms with E-state index in [9.17, 15) is 9.59 Å². The molecule has 0 aromatic heterocycles. The highest BCUT2D eigenvalue weighted by Gasteiger charge is 2.40. The van der Waals surface area contributed by atoms with Crippen LogP contribution in [0.25, 0.3) is 5.57 Å². The fourth-order valence-corrected chi connectivity index (χ4v) is 4.53. The number of rotatable bonds is 5. The van der Waals surface area contributed by atoms with Crippen LogP contribution in [0, 0.1) is 6.92 Å². The molecule has 0 atom stereocenters. The molecule has 33 heavy (non-hydrogen) atoms. The Morgan fingerprint density at radius 2 is 1.52 bits per heavy atom. The minimum Gasteiger partial charge on any atom is -0.372 e. The van der Waals surface area contributed by atoms with Gasteiger partial charge in [-0.15, -0.1) is 0 Å². The Kier molecular flexibility index (Phi) is 5.65. The Balaban J connectivity index is 1.52. The van der Waals surface area contributed by atoms with Gasteiger partial charge in [-0.2, -0.15) is 0 Å². The Bertz CT molecular complexity index is 1240. The molecule has 0 aliphatic carbocycles.